The number of fused-ring (bicyclic) bond motifs is 1. The van der Waals surface area contributed by atoms with E-state index >= 15 is 0 Å². The van der Waals surface area contributed by atoms with E-state index in [1.807, 2.05) is 24.3 Å². The Hall–Kier alpha value is -2.27. The monoisotopic (exact) mass is 333 g/mol. The molecular formula is C17H14ClF2N3. The highest BCUT2D eigenvalue weighted by Gasteiger charge is 2.11. The lowest BCUT2D eigenvalue weighted by molar-refractivity contribution is 0.590. The largest absolute Gasteiger partial charge is 0.369 e. The molecule has 1 aromatic heterocycles. The van der Waals surface area contributed by atoms with Crippen LogP contribution < -0.4 is 5.32 Å². The second-order valence-corrected chi connectivity index (χ2v) is 5.64. The van der Waals surface area contributed by atoms with E-state index in [1.54, 1.807) is 6.92 Å². The minimum absolute atomic E-state index is 0.118. The lowest BCUT2D eigenvalue weighted by Gasteiger charge is -2.10. The molecule has 3 aromatic rings. The van der Waals surface area contributed by atoms with Crippen LogP contribution in [-0.4, -0.2) is 16.5 Å². The van der Waals surface area contributed by atoms with E-state index in [4.69, 9.17) is 11.6 Å². The molecule has 0 saturated carbocycles. The van der Waals surface area contributed by atoms with Crippen molar-refractivity contribution in [1.29, 1.82) is 0 Å². The molecule has 0 saturated heterocycles. The summed E-state index contributed by atoms with van der Waals surface area (Å²) in [4.78, 5) is 8.30. The molecule has 3 rings (SSSR count). The Labute approximate surface area is 137 Å². The number of hydrogen-bond donors (Lipinski definition) is 1. The normalized spacial score (nSPS) is 11.0. The van der Waals surface area contributed by atoms with Crippen molar-refractivity contribution in [2.24, 2.45) is 0 Å². The summed E-state index contributed by atoms with van der Waals surface area (Å²) < 4.78 is 27.3. The van der Waals surface area contributed by atoms with Crippen molar-refractivity contribution in [3.05, 3.63) is 64.4 Å². The first kappa shape index (κ1) is 15.6. The predicted molar refractivity (Wildman–Crippen MR) is 87.8 cm³/mol. The number of aryl methyl sites for hydroxylation is 1. The number of rotatable bonds is 4. The van der Waals surface area contributed by atoms with Crippen LogP contribution in [0.3, 0.4) is 0 Å². The Morgan fingerprint density at radius 1 is 1.09 bits per heavy atom. The molecule has 0 aliphatic heterocycles. The second kappa shape index (κ2) is 6.46. The lowest BCUT2D eigenvalue weighted by atomic mass is 10.1. The van der Waals surface area contributed by atoms with Crippen LogP contribution in [0.15, 0.2) is 36.4 Å². The van der Waals surface area contributed by atoms with E-state index in [-0.39, 0.29) is 5.52 Å². The van der Waals surface area contributed by atoms with Crippen LogP contribution in [0, 0.1) is 18.6 Å². The molecule has 23 heavy (non-hydrogen) atoms. The summed E-state index contributed by atoms with van der Waals surface area (Å²) >= 11 is 5.85. The topological polar surface area (TPSA) is 37.8 Å². The maximum atomic E-state index is 13.9. The number of nitrogens with one attached hydrogen (secondary N) is 1. The third-order valence-electron chi connectivity index (χ3n) is 3.45. The third-order valence-corrected chi connectivity index (χ3v) is 3.70. The average molecular weight is 334 g/mol. The zero-order valence-corrected chi connectivity index (χ0v) is 13.2. The van der Waals surface area contributed by atoms with Crippen LogP contribution in [0.2, 0.25) is 5.02 Å². The number of anilines is 1. The molecule has 0 unspecified atom stereocenters. The Morgan fingerprint density at radius 2 is 1.83 bits per heavy atom. The van der Waals surface area contributed by atoms with Crippen molar-refractivity contribution in [3.63, 3.8) is 0 Å². The molecule has 0 spiro atoms. The number of aromatic nitrogens is 2. The molecule has 0 atom stereocenters. The summed E-state index contributed by atoms with van der Waals surface area (Å²) in [5.74, 6) is -0.480. The summed E-state index contributed by atoms with van der Waals surface area (Å²) in [6.45, 7) is 2.25. The van der Waals surface area contributed by atoms with Crippen molar-refractivity contribution < 1.29 is 8.78 Å². The van der Waals surface area contributed by atoms with E-state index < -0.39 is 11.6 Å². The van der Waals surface area contributed by atoms with Crippen LogP contribution in [-0.2, 0) is 6.42 Å². The number of nitrogens with zero attached hydrogens (tertiary/aromatic N) is 2. The summed E-state index contributed by atoms with van der Waals surface area (Å²) in [5, 5.41) is 4.15. The van der Waals surface area contributed by atoms with Crippen molar-refractivity contribution >= 4 is 28.3 Å². The predicted octanol–water partition coefficient (Wildman–Crippen LogP) is 4.52. The van der Waals surface area contributed by atoms with Crippen LogP contribution >= 0.6 is 11.6 Å². The fourth-order valence-corrected chi connectivity index (χ4v) is 2.51. The fraction of sp³-hybridized carbons (Fsp3) is 0.176. The first-order chi connectivity index (χ1) is 11.0. The maximum Gasteiger partial charge on any atom is 0.152 e. The first-order valence-corrected chi connectivity index (χ1v) is 7.52. The summed E-state index contributed by atoms with van der Waals surface area (Å²) in [6.07, 6.45) is 0.736. The maximum absolute atomic E-state index is 13.9. The molecule has 2 aromatic carbocycles. The highest BCUT2D eigenvalue weighted by atomic mass is 35.5. The van der Waals surface area contributed by atoms with Crippen molar-refractivity contribution in [1.82, 2.24) is 9.97 Å². The van der Waals surface area contributed by atoms with Gasteiger partial charge in [0.1, 0.15) is 23.0 Å². The van der Waals surface area contributed by atoms with Gasteiger partial charge in [0.15, 0.2) is 5.82 Å². The zero-order valence-electron chi connectivity index (χ0n) is 12.4. The van der Waals surface area contributed by atoms with Gasteiger partial charge in [-0.2, -0.15) is 0 Å². The van der Waals surface area contributed by atoms with Gasteiger partial charge in [-0.25, -0.2) is 18.7 Å². The molecule has 6 heteroatoms. The van der Waals surface area contributed by atoms with E-state index in [1.165, 1.54) is 6.07 Å². The van der Waals surface area contributed by atoms with Crippen molar-refractivity contribution in [3.8, 4) is 0 Å². The van der Waals surface area contributed by atoms with Gasteiger partial charge in [0.2, 0.25) is 0 Å². The third kappa shape index (κ3) is 3.56. The van der Waals surface area contributed by atoms with Gasteiger partial charge in [-0.1, -0.05) is 23.7 Å². The molecule has 1 heterocycles. The first-order valence-electron chi connectivity index (χ1n) is 7.14. The molecule has 0 radical (unpaired) electrons. The number of benzene rings is 2. The van der Waals surface area contributed by atoms with Crippen molar-refractivity contribution in [2.45, 2.75) is 13.3 Å². The zero-order chi connectivity index (χ0) is 16.4. The molecule has 1 N–H and O–H groups in total. The van der Waals surface area contributed by atoms with Gasteiger partial charge in [0.05, 0.1) is 0 Å². The Morgan fingerprint density at radius 3 is 2.57 bits per heavy atom. The van der Waals surface area contributed by atoms with Gasteiger partial charge in [-0.3, -0.25) is 0 Å². The summed E-state index contributed by atoms with van der Waals surface area (Å²) in [5.41, 5.74) is 1.22. The highest BCUT2D eigenvalue weighted by molar-refractivity contribution is 6.30. The smallest absolute Gasteiger partial charge is 0.152 e. The van der Waals surface area contributed by atoms with Gasteiger partial charge in [-0.15, -0.1) is 0 Å². The molecule has 0 aliphatic rings. The molecule has 0 bridgehead atoms. The molecule has 118 valence electrons. The molecular weight excluding hydrogens is 320 g/mol. The van der Waals surface area contributed by atoms with Crippen LogP contribution in [0.4, 0.5) is 14.6 Å². The average Bonchev–Trinajstić information content (AvgIpc) is 2.50. The Balaban J connectivity index is 1.83. The van der Waals surface area contributed by atoms with Gasteiger partial charge >= 0.3 is 0 Å². The second-order valence-electron chi connectivity index (χ2n) is 5.21. The summed E-state index contributed by atoms with van der Waals surface area (Å²) in [7, 11) is 0. The van der Waals surface area contributed by atoms with E-state index in [9.17, 15) is 8.78 Å². The Kier molecular flexibility index (Phi) is 4.39. The molecule has 0 amide bonds. The highest BCUT2D eigenvalue weighted by Crippen LogP contribution is 2.24. The van der Waals surface area contributed by atoms with Crippen LogP contribution in [0.1, 0.15) is 11.4 Å². The van der Waals surface area contributed by atoms with Crippen LogP contribution in [0.25, 0.3) is 10.9 Å². The molecule has 0 aliphatic carbocycles. The van der Waals surface area contributed by atoms with E-state index in [0.717, 1.165) is 18.1 Å². The van der Waals surface area contributed by atoms with E-state index in [2.05, 4.69) is 15.3 Å². The number of halogens is 3. The SMILES string of the molecule is Cc1nc(NCCc2ccc(Cl)cc2)c2cc(F)cc(F)c2n1. The molecule has 0 fully saturated rings. The standard InChI is InChI=1S/C17H14ClF2N3/c1-10-22-16-14(8-13(19)9-15(16)20)17(23-10)21-7-6-11-2-4-12(18)5-3-11/h2-5,8-9H,6-7H2,1H3,(H,21,22,23). The summed E-state index contributed by atoms with van der Waals surface area (Å²) in [6, 6.07) is 9.59. The van der Waals surface area contributed by atoms with E-state index in [0.29, 0.717) is 28.6 Å². The Bertz CT molecular complexity index is 851. The van der Waals surface area contributed by atoms with Gasteiger partial charge in [-0.05, 0) is 37.1 Å². The lowest BCUT2D eigenvalue weighted by Crippen LogP contribution is -2.08. The van der Waals surface area contributed by atoms with Crippen LogP contribution in [0.5, 0.6) is 0 Å². The van der Waals surface area contributed by atoms with Gasteiger partial charge in [0.25, 0.3) is 0 Å². The minimum Gasteiger partial charge on any atom is -0.369 e. The molecule has 3 nitrogen and oxygen atoms in total. The van der Waals surface area contributed by atoms with Crippen molar-refractivity contribution in [2.75, 3.05) is 11.9 Å². The minimum atomic E-state index is -0.689. The van der Waals surface area contributed by atoms with Gasteiger partial charge < -0.3 is 5.32 Å². The quantitative estimate of drug-likeness (QED) is 0.762. The van der Waals surface area contributed by atoms with Gasteiger partial charge in [0, 0.05) is 23.0 Å². The fourth-order valence-electron chi connectivity index (χ4n) is 2.38. The number of hydrogen-bond acceptors (Lipinski definition) is 3.